The van der Waals surface area contributed by atoms with Crippen LogP contribution in [0.25, 0.3) is 0 Å². The highest BCUT2D eigenvalue weighted by Crippen LogP contribution is 2.22. The predicted molar refractivity (Wildman–Crippen MR) is 107 cm³/mol. The summed E-state index contributed by atoms with van der Waals surface area (Å²) in [5.41, 5.74) is 1.03. The van der Waals surface area contributed by atoms with Gasteiger partial charge in [0.15, 0.2) is 6.61 Å². The third-order valence-electron chi connectivity index (χ3n) is 4.29. The Bertz CT molecular complexity index is 697. The molecular weight excluding hydrogens is 366 g/mol. The maximum Gasteiger partial charge on any atom is 0.261 e. The largest absolute Gasteiger partial charge is 0.494 e. The number of pyridine rings is 1. The van der Waals surface area contributed by atoms with Crippen molar-refractivity contribution in [3.63, 3.8) is 0 Å². The molecule has 1 atom stereocenters. The predicted octanol–water partition coefficient (Wildman–Crippen LogP) is 2.84. The number of benzene rings is 1. The number of aromatic nitrogens is 1. The van der Waals surface area contributed by atoms with Crippen LogP contribution in [-0.4, -0.2) is 48.6 Å². The number of piperazine rings is 1. The van der Waals surface area contributed by atoms with Crippen LogP contribution in [0.5, 0.6) is 11.5 Å². The Labute approximate surface area is 166 Å². The molecular formula is C20H26ClN3O3. The number of nitrogens with zero attached hydrogens (tertiary/aromatic N) is 2. The number of carbonyl (C=O) groups is 1. The topological polar surface area (TPSA) is 63.7 Å². The Morgan fingerprint density at radius 2 is 1.96 bits per heavy atom. The van der Waals surface area contributed by atoms with Crippen LogP contribution in [0, 0.1) is 0 Å². The van der Waals surface area contributed by atoms with E-state index < -0.39 is 0 Å². The Kier molecular flexibility index (Phi) is 8.36. The van der Waals surface area contributed by atoms with Crippen molar-refractivity contribution in [2.75, 3.05) is 32.8 Å². The monoisotopic (exact) mass is 391 g/mol. The zero-order chi connectivity index (χ0) is 18.2. The van der Waals surface area contributed by atoms with Gasteiger partial charge in [-0.15, -0.1) is 12.4 Å². The minimum Gasteiger partial charge on any atom is -0.494 e. The normalized spacial score (nSPS) is 16.3. The third-order valence-corrected chi connectivity index (χ3v) is 4.29. The van der Waals surface area contributed by atoms with Crippen molar-refractivity contribution in [2.24, 2.45) is 0 Å². The molecule has 1 aromatic carbocycles. The van der Waals surface area contributed by atoms with Crippen molar-refractivity contribution >= 4 is 18.3 Å². The fraction of sp³-hybridized carbons (Fsp3) is 0.400. The van der Waals surface area contributed by atoms with Crippen LogP contribution in [0.2, 0.25) is 0 Å². The summed E-state index contributed by atoms with van der Waals surface area (Å²) in [6.07, 6.45) is 4.52. The van der Waals surface area contributed by atoms with Crippen LogP contribution in [0.1, 0.15) is 24.9 Å². The lowest BCUT2D eigenvalue weighted by Gasteiger charge is -2.36. The summed E-state index contributed by atoms with van der Waals surface area (Å²) in [5.74, 6) is 1.45. The van der Waals surface area contributed by atoms with Crippen molar-refractivity contribution in [1.82, 2.24) is 15.2 Å². The van der Waals surface area contributed by atoms with Gasteiger partial charge in [-0.05, 0) is 42.3 Å². The molecule has 0 radical (unpaired) electrons. The molecule has 2 heterocycles. The van der Waals surface area contributed by atoms with Gasteiger partial charge in [0.1, 0.15) is 11.5 Å². The molecule has 0 bridgehead atoms. The van der Waals surface area contributed by atoms with Gasteiger partial charge in [-0.3, -0.25) is 9.78 Å². The van der Waals surface area contributed by atoms with E-state index in [1.54, 1.807) is 6.20 Å². The van der Waals surface area contributed by atoms with Crippen molar-refractivity contribution in [3.05, 3.63) is 54.4 Å². The minimum absolute atomic E-state index is 0. The van der Waals surface area contributed by atoms with Crippen molar-refractivity contribution in [1.29, 1.82) is 0 Å². The van der Waals surface area contributed by atoms with Crippen LogP contribution in [-0.2, 0) is 4.79 Å². The van der Waals surface area contributed by atoms with Crippen LogP contribution in [0.15, 0.2) is 48.8 Å². The number of rotatable bonds is 7. The second-order valence-corrected chi connectivity index (χ2v) is 6.20. The maximum absolute atomic E-state index is 12.7. The lowest BCUT2D eigenvalue weighted by molar-refractivity contribution is -0.136. The van der Waals surface area contributed by atoms with E-state index in [1.807, 2.05) is 47.5 Å². The SMILES string of the molecule is CCCOc1ccc(OCC(=O)N2CCNCC2c2cccnc2)cc1.Cl. The van der Waals surface area contributed by atoms with Crippen molar-refractivity contribution < 1.29 is 14.3 Å². The molecule has 1 aromatic heterocycles. The molecule has 3 rings (SSSR count). The van der Waals surface area contributed by atoms with Gasteiger partial charge in [0, 0.05) is 32.0 Å². The fourth-order valence-corrected chi connectivity index (χ4v) is 2.95. The number of nitrogens with one attached hydrogen (secondary N) is 1. The summed E-state index contributed by atoms with van der Waals surface area (Å²) < 4.78 is 11.2. The van der Waals surface area contributed by atoms with Crippen LogP contribution >= 0.6 is 12.4 Å². The van der Waals surface area contributed by atoms with Gasteiger partial charge in [0.25, 0.3) is 5.91 Å². The number of amides is 1. The summed E-state index contributed by atoms with van der Waals surface area (Å²) in [5, 5.41) is 3.34. The van der Waals surface area contributed by atoms with E-state index in [2.05, 4.69) is 17.2 Å². The highest BCUT2D eigenvalue weighted by Gasteiger charge is 2.28. The molecule has 0 saturated carbocycles. The molecule has 1 saturated heterocycles. The summed E-state index contributed by atoms with van der Waals surface area (Å²) in [7, 11) is 0. The van der Waals surface area contributed by atoms with Gasteiger partial charge < -0.3 is 19.7 Å². The van der Waals surface area contributed by atoms with E-state index in [4.69, 9.17) is 9.47 Å². The Morgan fingerprint density at radius 3 is 2.63 bits per heavy atom. The number of halogens is 1. The molecule has 6 nitrogen and oxygen atoms in total. The molecule has 1 amide bonds. The van der Waals surface area contributed by atoms with Crippen LogP contribution < -0.4 is 14.8 Å². The zero-order valence-electron chi connectivity index (χ0n) is 15.5. The summed E-state index contributed by atoms with van der Waals surface area (Å²) in [4.78, 5) is 18.7. The van der Waals surface area contributed by atoms with E-state index in [0.29, 0.717) is 18.9 Å². The molecule has 0 spiro atoms. The Morgan fingerprint density at radius 1 is 1.22 bits per heavy atom. The molecule has 7 heteroatoms. The molecule has 1 unspecified atom stereocenters. The maximum atomic E-state index is 12.7. The van der Waals surface area contributed by atoms with Gasteiger partial charge in [-0.25, -0.2) is 0 Å². The second kappa shape index (κ2) is 10.7. The average molecular weight is 392 g/mol. The van der Waals surface area contributed by atoms with Crippen molar-refractivity contribution in [2.45, 2.75) is 19.4 Å². The average Bonchev–Trinajstić information content (AvgIpc) is 2.72. The van der Waals surface area contributed by atoms with Crippen molar-refractivity contribution in [3.8, 4) is 11.5 Å². The minimum atomic E-state index is -0.0216. The van der Waals surface area contributed by atoms with E-state index in [0.717, 1.165) is 30.8 Å². The fourth-order valence-electron chi connectivity index (χ4n) is 2.95. The second-order valence-electron chi connectivity index (χ2n) is 6.20. The van der Waals surface area contributed by atoms with Crippen LogP contribution in [0.3, 0.4) is 0 Å². The molecule has 1 N–H and O–H groups in total. The lowest BCUT2D eigenvalue weighted by Crippen LogP contribution is -2.50. The summed E-state index contributed by atoms with van der Waals surface area (Å²) in [6.45, 7) is 4.94. The molecule has 146 valence electrons. The molecule has 2 aromatic rings. The van der Waals surface area contributed by atoms with Gasteiger partial charge >= 0.3 is 0 Å². The van der Waals surface area contributed by atoms with Gasteiger partial charge in [-0.1, -0.05) is 13.0 Å². The number of hydrogen-bond acceptors (Lipinski definition) is 5. The first-order valence-electron chi connectivity index (χ1n) is 9.03. The first kappa shape index (κ1) is 21.0. The van der Waals surface area contributed by atoms with Gasteiger partial charge in [0.05, 0.1) is 12.6 Å². The third kappa shape index (κ3) is 5.84. The highest BCUT2D eigenvalue weighted by molar-refractivity contribution is 5.85. The zero-order valence-corrected chi connectivity index (χ0v) is 16.3. The van der Waals surface area contributed by atoms with E-state index in [-0.39, 0.29) is 31.0 Å². The highest BCUT2D eigenvalue weighted by atomic mass is 35.5. The first-order chi connectivity index (χ1) is 12.8. The number of hydrogen-bond donors (Lipinski definition) is 1. The smallest absolute Gasteiger partial charge is 0.261 e. The van der Waals surface area contributed by atoms with E-state index in [9.17, 15) is 4.79 Å². The Hall–Kier alpha value is -2.31. The standard InChI is InChI=1S/C20H25N3O3.ClH/c1-2-12-25-17-5-7-18(8-6-17)26-15-20(24)23-11-10-22-14-19(23)16-4-3-9-21-13-16;/h3-9,13,19,22H,2,10-12,14-15H2,1H3;1H. The van der Waals surface area contributed by atoms with E-state index >= 15 is 0 Å². The molecule has 1 aliphatic heterocycles. The quantitative estimate of drug-likeness (QED) is 0.786. The summed E-state index contributed by atoms with van der Waals surface area (Å²) >= 11 is 0. The number of carbonyl (C=O) groups excluding carboxylic acids is 1. The van der Waals surface area contributed by atoms with Gasteiger partial charge in [0.2, 0.25) is 0 Å². The van der Waals surface area contributed by atoms with Crippen LogP contribution in [0.4, 0.5) is 0 Å². The first-order valence-corrected chi connectivity index (χ1v) is 9.03. The molecule has 1 aliphatic rings. The lowest BCUT2D eigenvalue weighted by atomic mass is 10.1. The molecule has 0 aliphatic carbocycles. The molecule has 1 fully saturated rings. The number of ether oxygens (including phenoxy) is 2. The van der Waals surface area contributed by atoms with E-state index in [1.165, 1.54) is 0 Å². The van der Waals surface area contributed by atoms with Gasteiger partial charge in [-0.2, -0.15) is 0 Å². The summed E-state index contributed by atoms with van der Waals surface area (Å²) in [6, 6.07) is 11.3. The Balaban J connectivity index is 0.00000261. The molecule has 27 heavy (non-hydrogen) atoms.